The summed E-state index contributed by atoms with van der Waals surface area (Å²) in [5.74, 6) is -3.25. The molecule has 0 fully saturated rings. The Kier molecular flexibility index (Phi) is 16.3. The standard InChI is InChI=1S/C22H40O7/c1-3-5-7-9-11-13-15-28-20(25)18-22(27,17-19(23)24)21(26)29-16-14-12-10-8-6-4-2/h27H,3-18H2,1-2H3,(H,23,24). The molecule has 1 atom stereocenters. The van der Waals surface area contributed by atoms with Gasteiger partial charge in [0.15, 0.2) is 5.60 Å². The second-order valence-electron chi connectivity index (χ2n) is 7.67. The largest absolute Gasteiger partial charge is 0.481 e. The quantitative estimate of drug-likeness (QED) is 0.237. The summed E-state index contributed by atoms with van der Waals surface area (Å²) in [5.41, 5.74) is -2.40. The van der Waals surface area contributed by atoms with Crippen LogP contribution in [0, 0.1) is 0 Å². The first-order valence-corrected chi connectivity index (χ1v) is 11.1. The molecule has 7 heteroatoms. The van der Waals surface area contributed by atoms with Gasteiger partial charge in [-0.1, -0.05) is 78.1 Å². The number of aliphatic carboxylic acids is 1. The summed E-state index contributed by atoms with van der Waals surface area (Å²) in [6.07, 6.45) is 10.6. The van der Waals surface area contributed by atoms with Crippen molar-refractivity contribution in [2.45, 2.75) is 109 Å². The van der Waals surface area contributed by atoms with Gasteiger partial charge in [-0.05, 0) is 12.8 Å². The molecule has 0 aromatic carbocycles. The van der Waals surface area contributed by atoms with E-state index in [2.05, 4.69) is 13.8 Å². The molecular weight excluding hydrogens is 376 g/mol. The molecule has 0 aliphatic heterocycles. The molecular formula is C22H40O7. The van der Waals surface area contributed by atoms with Gasteiger partial charge in [0.05, 0.1) is 26.1 Å². The fourth-order valence-corrected chi connectivity index (χ4v) is 3.00. The zero-order valence-corrected chi connectivity index (χ0v) is 18.2. The third kappa shape index (κ3) is 14.9. The van der Waals surface area contributed by atoms with E-state index in [0.29, 0.717) is 12.8 Å². The number of hydrogen-bond acceptors (Lipinski definition) is 6. The molecule has 29 heavy (non-hydrogen) atoms. The molecule has 170 valence electrons. The Hall–Kier alpha value is -1.63. The molecule has 0 bridgehead atoms. The van der Waals surface area contributed by atoms with Crippen molar-refractivity contribution in [1.29, 1.82) is 0 Å². The van der Waals surface area contributed by atoms with Crippen LogP contribution in [0.2, 0.25) is 0 Å². The molecule has 0 saturated carbocycles. The van der Waals surface area contributed by atoms with E-state index < -0.39 is 36.4 Å². The van der Waals surface area contributed by atoms with Crippen molar-refractivity contribution in [2.75, 3.05) is 13.2 Å². The molecule has 1 unspecified atom stereocenters. The van der Waals surface area contributed by atoms with Crippen LogP contribution in [0.1, 0.15) is 104 Å². The first-order valence-electron chi connectivity index (χ1n) is 11.1. The Labute approximate surface area is 175 Å². The SMILES string of the molecule is CCCCCCCCOC(=O)CC(O)(CC(=O)O)C(=O)OCCCCCCCC. The molecule has 0 aliphatic carbocycles. The van der Waals surface area contributed by atoms with E-state index in [-0.39, 0.29) is 13.2 Å². The van der Waals surface area contributed by atoms with E-state index in [0.717, 1.165) is 51.4 Å². The molecule has 0 aromatic heterocycles. The molecule has 0 spiro atoms. The van der Waals surface area contributed by atoms with Gasteiger partial charge in [0.2, 0.25) is 0 Å². The molecule has 0 radical (unpaired) electrons. The summed E-state index contributed by atoms with van der Waals surface area (Å²) >= 11 is 0. The monoisotopic (exact) mass is 416 g/mol. The van der Waals surface area contributed by atoms with Crippen molar-refractivity contribution in [3.8, 4) is 0 Å². The molecule has 0 amide bonds. The van der Waals surface area contributed by atoms with Crippen molar-refractivity contribution in [2.24, 2.45) is 0 Å². The number of hydrogen-bond donors (Lipinski definition) is 2. The normalized spacial score (nSPS) is 12.9. The third-order valence-corrected chi connectivity index (χ3v) is 4.75. The second-order valence-corrected chi connectivity index (χ2v) is 7.67. The van der Waals surface area contributed by atoms with Gasteiger partial charge in [-0.3, -0.25) is 9.59 Å². The van der Waals surface area contributed by atoms with Crippen LogP contribution in [-0.2, 0) is 23.9 Å². The van der Waals surface area contributed by atoms with Crippen LogP contribution in [-0.4, -0.2) is 46.9 Å². The molecule has 0 aliphatic rings. The summed E-state index contributed by atoms with van der Waals surface area (Å²) in [6.45, 7) is 4.56. The summed E-state index contributed by atoms with van der Waals surface area (Å²) in [6, 6.07) is 0. The lowest BCUT2D eigenvalue weighted by molar-refractivity contribution is -0.176. The number of carbonyl (C=O) groups is 3. The number of unbranched alkanes of at least 4 members (excludes halogenated alkanes) is 10. The van der Waals surface area contributed by atoms with Crippen molar-refractivity contribution in [3.05, 3.63) is 0 Å². The maximum Gasteiger partial charge on any atom is 0.339 e. The third-order valence-electron chi connectivity index (χ3n) is 4.75. The van der Waals surface area contributed by atoms with Crippen LogP contribution in [0.5, 0.6) is 0 Å². The Balaban J connectivity index is 4.28. The van der Waals surface area contributed by atoms with Crippen LogP contribution < -0.4 is 0 Å². The van der Waals surface area contributed by atoms with Gasteiger partial charge in [0.1, 0.15) is 0 Å². The van der Waals surface area contributed by atoms with E-state index in [4.69, 9.17) is 14.6 Å². The van der Waals surface area contributed by atoms with Gasteiger partial charge in [-0.15, -0.1) is 0 Å². The number of esters is 2. The topological polar surface area (TPSA) is 110 Å². The molecule has 7 nitrogen and oxygen atoms in total. The Morgan fingerprint density at radius 2 is 1.14 bits per heavy atom. The average molecular weight is 417 g/mol. The maximum absolute atomic E-state index is 12.2. The van der Waals surface area contributed by atoms with Gasteiger partial charge in [0, 0.05) is 0 Å². The lowest BCUT2D eigenvalue weighted by Crippen LogP contribution is -2.44. The highest BCUT2D eigenvalue weighted by Crippen LogP contribution is 2.20. The highest BCUT2D eigenvalue weighted by molar-refractivity contribution is 5.89. The van der Waals surface area contributed by atoms with Crippen LogP contribution in [0.15, 0.2) is 0 Å². The van der Waals surface area contributed by atoms with Crippen molar-refractivity contribution < 1.29 is 34.1 Å². The van der Waals surface area contributed by atoms with Gasteiger partial charge in [-0.25, -0.2) is 4.79 Å². The summed E-state index contributed by atoms with van der Waals surface area (Å²) in [7, 11) is 0. The minimum absolute atomic E-state index is 0.0969. The van der Waals surface area contributed by atoms with E-state index in [1.54, 1.807) is 0 Å². The fraction of sp³-hybridized carbons (Fsp3) is 0.864. The molecule has 2 N–H and O–H groups in total. The van der Waals surface area contributed by atoms with E-state index in [1.165, 1.54) is 12.8 Å². The predicted molar refractivity (Wildman–Crippen MR) is 110 cm³/mol. The van der Waals surface area contributed by atoms with Crippen molar-refractivity contribution in [1.82, 2.24) is 0 Å². The van der Waals surface area contributed by atoms with Gasteiger partial charge < -0.3 is 19.7 Å². The lowest BCUT2D eigenvalue weighted by Gasteiger charge is -2.23. The first-order chi connectivity index (χ1) is 13.9. The van der Waals surface area contributed by atoms with Crippen molar-refractivity contribution in [3.63, 3.8) is 0 Å². The second kappa shape index (κ2) is 17.2. The highest BCUT2D eigenvalue weighted by Gasteiger charge is 2.42. The van der Waals surface area contributed by atoms with Crippen molar-refractivity contribution >= 4 is 17.9 Å². The Morgan fingerprint density at radius 1 is 0.690 bits per heavy atom. The molecule has 0 aromatic rings. The lowest BCUT2D eigenvalue weighted by atomic mass is 9.95. The van der Waals surface area contributed by atoms with Crippen LogP contribution in [0.4, 0.5) is 0 Å². The molecule has 0 rings (SSSR count). The van der Waals surface area contributed by atoms with E-state index in [1.807, 2.05) is 0 Å². The number of carboxylic acids is 1. The minimum atomic E-state index is -2.40. The summed E-state index contributed by atoms with van der Waals surface area (Å²) < 4.78 is 10.1. The van der Waals surface area contributed by atoms with Gasteiger partial charge in [-0.2, -0.15) is 0 Å². The summed E-state index contributed by atoms with van der Waals surface area (Å²) in [4.78, 5) is 35.2. The molecule has 0 saturated heterocycles. The van der Waals surface area contributed by atoms with Gasteiger partial charge in [0.25, 0.3) is 0 Å². The summed E-state index contributed by atoms with van der Waals surface area (Å²) in [5, 5.41) is 19.4. The number of rotatable bonds is 19. The number of carboxylic acid groups (broad SMARTS) is 1. The van der Waals surface area contributed by atoms with Gasteiger partial charge >= 0.3 is 17.9 Å². The zero-order chi connectivity index (χ0) is 22.0. The van der Waals surface area contributed by atoms with Crippen LogP contribution in [0.3, 0.4) is 0 Å². The first kappa shape index (κ1) is 27.4. The predicted octanol–water partition coefficient (Wildman–Crippen LogP) is 4.39. The maximum atomic E-state index is 12.2. The average Bonchev–Trinajstić information content (AvgIpc) is 2.65. The number of ether oxygens (including phenoxy) is 2. The van der Waals surface area contributed by atoms with E-state index >= 15 is 0 Å². The van der Waals surface area contributed by atoms with Crippen LogP contribution in [0.25, 0.3) is 0 Å². The number of carbonyl (C=O) groups excluding carboxylic acids is 2. The Bertz CT molecular complexity index is 464. The smallest absolute Gasteiger partial charge is 0.339 e. The highest BCUT2D eigenvalue weighted by atomic mass is 16.6. The van der Waals surface area contributed by atoms with E-state index in [9.17, 15) is 19.5 Å². The fourth-order valence-electron chi connectivity index (χ4n) is 3.00. The zero-order valence-electron chi connectivity index (χ0n) is 18.2. The van der Waals surface area contributed by atoms with Crippen LogP contribution >= 0.6 is 0 Å². The molecule has 0 heterocycles. The number of aliphatic hydroxyl groups is 1. The minimum Gasteiger partial charge on any atom is -0.481 e. The Morgan fingerprint density at radius 3 is 1.62 bits per heavy atom.